The molecule has 2 aliphatic heterocycles. The van der Waals surface area contributed by atoms with Gasteiger partial charge in [-0.3, -0.25) is 4.90 Å². The summed E-state index contributed by atoms with van der Waals surface area (Å²) >= 11 is 0. The van der Waals surface area contributed by atoms with E-state index in [4.69, 9.17) is 9.47 Å². The van der Waals surface area contributed by atoms with E-state index < -0.39 is 0 Å². The molecule has 3 heterocycles. The quantitative estimate of drug-likeness (QED) is 0.866. The number of nitrogens with zero attached hydrogens (tertiary/aromatic N) is 3. The minimum atomic E-state index is 0.365. The highest BCUT2D eigenvalue weighted by molar-refractivity contribution is 5.31. The Morgan fingerprint density at radius 2 is 2.17 bits per heavy atom. The van der Waals surface area contributed by atoms with Crippen LogP contribution in [-0.2, 0) is 17.8 Å². The fourth-order valence-corrected chi connectivity index (χ4v) is 3.87. The summed E-state index contributed by atoms with van der Waals surface area (Å²) in [6, 6.07) is 8.85. The van der Waals surface area contributed by atoms with E-state index in [0.717, 1.165) is 51.4 Å². The van der Waals surface area contributed by atoms with Crippen molar-refractivity contribution in [2.75, 3.05) is 26.9 Å². The van der Waals surface area contributed by atoms with Gasteiger partial charge in [-0.1, -0.05) is 12.1 Å². The Balaban J connectivity index is 1.60. The number of fused-ring (bicyclic) bond motifs is 1. The van der Waals surface area contributed by atoms with Crippen molar-refractivity contribution in [1.29, 1.82) is 0 Å². The van der Waals surface area contributed by atoms with Gasteiger partial charge in [-0.25, -0.2) is 4.98 Å². The first-order chi connectivity index (χ1) is 11.8. The van der Waals surface area contributed by atoms with Gasteiger partial charge in [0.1, 0.15) is 11.6 Å². The van der Waals surface area contributed by atoms with Crippen LogP contribution in [-0.4, -0.2) is 41.3 Å². The highest BCUT2D eigenvalue weighted by Gasteiger charge is 2.30. The summed E-state index contributed by atoms with van der Waals surface area (Å²) in [6.07, 6.45) is 6.33. The zero-order chi connectivity index (χ0) is 16.4. The number of imidazole rings is 1. The first-order valence-electron chi connectivity index (χ1n) is 8.79. The molecule has 0 aliphatic carbocycles. The fourth-order valence-electron chi connectivity index (χ4n) is 3.87. The molecule has 0 saturated carbocycles. The van der Waals surface area contributed by atoms with E-state index in [1.165, 1.54) is 11.4 Å². The van der Waals surface area contributed by atoms with Crippen molar-refractivity contribution < 1.29 is 9.47 Å². The first kappa shape index (κ1) is 15.7. The molecular formula is C19H25N3O2. The molecule has 0 unspecified atom stereocenters. The maximum Gasteiger partial charge on any atom is 0.122 e. The van der Waals surface area contributed by atoms with Gasteiger partial charge in [-0.2, -0.15) is 0 Å². The topological polar surface area (TPSA) is 39.5 Å². The van der Waals surface area contributed by atoms with E-state index in [2.05, 4.69) is 38.8 Å². The van der Waals surface area contributed by atoms with Crippen molar-refractivity contribution in [2.24, 2.45) is 5.92 Å². The molecule has 24 heavy (non-hydrogen) atoms. The number of hydrogen-bond acceptors (Lipinski definition) is 4. The minimum Gasteiger partial charge on any atom is -0.497 e. The SMILES string of the molecule is COc1cccc([C@@H]2Cn3ccnc3CN2CC2CCOCC2)c1. The second-order valence-electron chi connectivity index (χ2n) is 6.77. The maximum absolute atomic E-state index is 5.52. The Morgan fingerprint density at radius 1 is 1.29 bits per heavy atom. The number of rotatable bonds is 4. The van der Waals surface area contributed by atoms with Gasteiger partial charge in [0, 0.05) is 38.7 Å². The van der Waals surface area contributed by atoms with Crippen LogP contribution < -0.4 is 4.74 Å². The van der Waals surface area contributed by atoms with Crippen LogP contribution in [0.4, 0.5) is 0 Å². The molecular weight excluding hydrogens is 302 g/mol. The fraction of sp³-hybridized carbons (Fsp3) is 0.526. The van der Waals surface area contributed by atoms with Gasteiger partial charge in [0.25, 0.3) is 0 Å². The lowest BCUT2D eigenvalue weighted by Gasteiger charge is -2.39. The summed E-state index contributed by atoms with van der Waals surface area (Å²) in [5.74, 6) is 2.81. The molecule has 1 saturated heterocycles. The van der Waals surface area contributed by atoms with E-state index in [1.54, 1.807) is 7.11 Å². The second kappa shape index (κ2) is 6.95. The van der Waals surface area contributed by atoms with Crippen LogP contribution in [0.3, 0.4) is 0 Å². The zero-order valence-corrected chi connectivity index (χ0v) is 14.2. The Morgan fingerprint density at radius 3 is 3.00 bits per heavy atom. The third-order valence-corrected chi connectivity index (χ3v) is 5.27. The maximum atomic E-state index is 5.52. The summed E-state index contributed by atoms with van der Waals surface area (Å²) < 4.78 is 13.2. The molecule has 1 aromatic carbocycles. The lowest BCUT2D eigenvalue weighted by molar-refractivity contribution is 0.0351. The predicted octanol–water partition coefficient (Wildman–Crippen LogP) is 2.88. The summed E-state index contributed by atoms with van der Waals surface area (Å²) in [5, 5.41) is 0. The molecule has 128 valence electrons. The Labute approximate surface area is 143 Å². The van der Waals surface area contributed by atoms with Gasteiger partial charge in [0.2, 0.25) is 0 Å². The largest absolute Gasteiger partial charge is 0.497 e. The van der Waals surface area contributed by atoms with Crippen molar-refractivity contribution in [2.45, 2.75) is 32.0 Å². The summed E-state index contributed by atoms with van der Waals surface area (Å²) in [5.41, 5.74) is 1.32. The van der Waals surface area contributed by atoms with Gasteiger partial charge < -0.3 is 14.0 Å². The van der Waals surface area contributed by atoms with Crippen LogP contribution in [0.25, 0.3) is 0 Å². The molecule has 0 radical (unpaired) electrons. The molecule has 5 heteroatoms. The summed E-state index contributed by atoms with van der Waals surface area (Å²) in [7, 11) is 1.73. The third-order valence-electron chi connectivity index (χ3n) is 5.27. The minimum absolute atomic E-state index is 0.365. The Bertz CT molecular complexity index is 679. The molecule has 4 rings (SSSR count). The highest BCUT2D eigenvalue weighted by Crippen LogP contribution is 2.32. The number of aromatic nitrogens is 2. The molecule has 0 spiro atoms. The van der Waals surface area contributed by atoms with E-state index in [-0.39, 0.29) is 0 Å². The molecule has 1 aromatic heterocycles. The standard InChI is InChI=1S/C19H25N3O2/c1-23-17-4-2-3-16(11-17)18-13-21-8-7-20-19(21)14-22(18)12-15-5-9-24-10-6-15/h2-4,7-8,11,15,18H,5-6,9-10,12-14H2,1H3/t18-/m0/s1. The van der Waals surface area contributed by atoms with Gasteiger partial charge in [-0.15, -0.1) is 0 Å². The lowest BCUT2D eigenvalue weighted by Crippen LogP contribution is -2.40. The van der Waals surface area contributed by atoms with Crippen molar-refractivity contribution in [3.8, 4) is 5.75 Å². The van der Waals surface area contributed by atoms with Crippen LogP contribution in [0.2, 0.25) is 0 Å². The highest BCUT2D eigenvalue weighted by atomic mass is 16.5. The van der Waals surface area contributed by atoms with E-state index >= 15 is 0 Å². The first-order valence-corrected chi connectivity index (χ1v) is 8.79. The Kier molecular flexibility index (Phi) is 4.54. The van der Waals surface area contributed by atoms with E-state index in [1.807, 2.05) is 12.3 Å². The molecule has 1 fully saturated rings. The number of hydrogen-bond donors (Lipinski definition) is 0. The predicted molar refractivity (Wildman–Crippen MR) is 91.9 cm³/mol. The van der Waals surface area contributed by atoms with Crippen LogP contribution in [0, 0.1) is 5.92 Å². The van der Waals surface area contributed by atoms with Crippen LogP contribution in [0.15, 0.2) is 36.7 Å². The average Bonchev–Trinajstić information content (AvgIpc) is 3.09. The van der Waals surface area contributed by atoms with Gasteiger partial charge in [0.05, 0.1) is 19.7 Å². The molecule has 1 atom stereocenters. The van der Waals surface area contributed by atoms with Crippen molar-refractivity contribution in [3.63, 3.8) is 0 Å². The van der Waals surface area contributed by atoms with E-state index in [0.29, 0.717) is 12.0 Å². The lowest BCUT2D eigenvalue weighted by atomic mass is 9.96. The van der Waals surface area contributed by atoms with Gasteiger partial charge in [0.15, 0.2) is 0 Å². The van der Waals surface area contributed by atoms with Crippen molar-refractivity contribution in [3.05, 3.63) is 48.0 Å². The van der Waals surface area contributed by atoms with Gasteiger partial charge in [-0.05, 0) is 36.5 Å². The molecule has 0 amide bonds. The molecule has 0 N–H and O–H groups in total. The monoisotopic (exact) mass is 327 g/mol. The van der Waals surface area contributed by atoms with Crippen LogP contribution in [0.1, 0.15) is 30.3 Å². The normalized spacial score (nSPS) is 22.3. The molecule has 2 aliphatic rings. The van der Waals surface area contributed by atoms with E-state index in [9.17, 15) is 0 Å². The average molecular weight is 327 g/mol. The zero-order valence-electron chi connectivity index (χ0n) is 14.2. The number of ether oxygens (including phenoxy) is 2. The molecule has 0 bridgehead atoms. The third kappa shape index (κ3) is 3.19. The van der Waals surface area contributed by atoms with Crippen molar-refractivity contribution >= 4 is 0 Å². The van der Waals surface area contributed by atoms with Crippen LogP contribution >= 0.6 is 0 Å². The smallest absolute Gasteiger partial charge is 0.122 e. The summed E-state index contributed by atoms with van der Waals surface area (Å²) in [6.45, 7) is 4.77. The van der Waals surface area contributed by atoms with Gasteiger partial charge >= 0.3 is 0 Å². The van der Waals surface area contributed by atoms with Crippen LogP contribution in [0.5, 0.6) is 5.75 Å². The van der Waals surface area contributed by atoms with Crippen molar-refractivity contribution in [1.82, 2.24) is 14.5 Å². The molecule has 5 nitrogen and oxygen atoms in total. The number of benzene rings is 1. The summed E-state index contributed by atoms with van der Waals surface area (Å²) in [4.78, 5) is 7.12. The second-order valence-corrected chi connectivity index (χ2v) is 6.77. The number of methoxy groups -OCH3 is 1. The molecule has 2 aromatic rings. The Hall–Kier alpha value is -1.85.